The van der Waals surface area contributed by atoms with Crippen LogP contribution in [0.5, 0.6) is 0 Å². The molecule has 0 N–H and O–H groups in total. The summed E-state index contributed by atoms with van der Waals surface area (Å²) in [6.45, 7) is 3.22. The summed E-state index contributed by atoms with van der Waals surface area (Å²) in [6, 6.07) is 8.49. The van der Waals surface area contributed by atoms with Gasteiger partial charge in [-0.05, 0) is 37.8 Å². The van der Waals surface area contributed by atoms with E-state index in [9.17, 15) is 0 Å². The number of alkyl halides is 1. The maximum absolute atomic E-state index is 4.85. The van der Waals surface area contributed by atoms with Crippen LogP contribution < -0.4 is 0 Å². The van der Waals surface area contributed by atoms with Crippen LogP contribution in [0.25, 0.3) is 11.0 Å². The van der Waals surface area contributed by atoms with Crippen molar-refractivity contribution in [1.82, 2.24) is 9.55 Å². The topological polar surface area (TPSA) is 17.8 Å². The van der Waals surface area contributed by atoms with Gasteiger partial charge in [-0.1, -0.05) is 40.9 Å². The lowest BCUT2D eigenvalue weighted by atomic mass is 9.86. The van der Waals surface area contributed by atoms with Crippen molar-refractivity contribution in [1.29, 1.82) is 0 Å². The SMILES string of the molecule is CCn1c(CC2CCCCC2Br)nc2ccccc21. The van der Waals surface area contributed by atoms with E-state index in [2.05, 4.69) is 51.7 Å². The van der Waals surface area contributed by atoms with Gasteiger partial charge in [0.15, 0.2) is 0 Å². The van der Waals surface area contributed by atoms with Crippen molar-refractivity contribution in [3.05, 3.63) is 30.1 Å². The summed E-state index contributed by atoms with van der Waals surface area (Å²) < 4.78 is 2.38. The zero-order chi connectivity index (χ0) is 13.2. The summed E-state index contributed by atoms with van der Waals surface area (Å²) in [5, 5.41) is 0. The van der Waals surface area contributed by atoms with Crippen LogP contribution >= 0.6 is 15.9 Å². The molecule has 0 spiro atoms. The molecule has 3 rings (SSSR count). The molecule has 2 atom stereocenters. The lowest BCUT2D eigenvalue weighted by Gasteiger charge is -2.27. The van der Waals surface area contributed by atoms with Crippen LogP contribution in [0.15, 0.2) is 24.3 Å². The Morgan fingerprint density at radius 1 is 1.26 bits per heavy atom. The van der Waals surface area contributed by atoms with Crippen LogP contribution in [0.2, 0.25) is 0 Å². The largest absolute Gasteiger partial charge is 0.328 e. The van der Waals surface area contributed by atoms with Gasteiger partial charge in [-0.2, -0.15) is 0 Å². The Hall–Kier alpha value is -0.830. The molecule has 0 bridgehead atoms. The summed E-state index contributed by atoms with van der Waals surface area (Å²) in [6.07, 6.45) is 6.51. The molecule has 0 radical (unpaired) electrons. The minimum absolute atomic E-state index is 0.673. The Kier molecular flexibility index (Phi) is 3.92. The molecule has 0 aliphatic heterocycles. The van der Waals surface area contributed by atoms with Crippen molar-refractivity contribution in [2.75, 3.05) is 0 Å². The molecule has 1 aliphatic rings. The molecule has 2 aromatic rings. The fourth-order valence-electron chi connectivity index (χ4n) is 3.26. The van der Waals surface area contributed by atoms with Gasteiger partial charge in [0.2, 0.25) is 0 Å². The third kappa shape index (κ3) is 2.58. The summed E-state index contributed by atoms with van der Waals surface area (Å²) in [5.41, 5.74) is 2.42. The molecule has 19 heavy (non-hydrogen) atoms. The Morgan fingerprint density at radius 3 is 2.84 bits per heavy atom. The highest BCUT2D eigenvalue weighted by Gasteiger charge is 2.24. The summed E-state index contributed by atoms with van der Waals surface area (Å²) in [5.74, 6) is 2.01. The first-order valence-electron chi connectivity index (χ1n) is 7.37. The molecule has 0 amide bonds. The fourth-order valence-corrected chi connectivity index (χ4v) is 4.04. The van der Waals surface area contributed by atoms with Gasteiger partial charge in [-0.3, -0.25) is 0 Å². The van der Waals surface area contributed by atoms with Crippen molar-refractivity contribution in [3.8, 4) is 0 Å². The molecular weight excluding hydrogens is 300 g/mol. The Balaban J connectivity index is 1.91. The van der Waals surface area contributed by atoms with Gasteiger partial charge in [-0.25, -0.2) is 4.98 Å². The minimum Gasteiger partial charge on any atom is -0.328 e. The van der Waals surface area contributed by atoms with Crippen LogP contribution in [0.3, 0.4) is 0 Å². The van der Waals surface area contributed by atoms with E-state index < -0.39 is 0 Å². The highest BCUT2D eigenvalue weighted by atomic mass is 79.9. The van der Waals surface area contributed by atoms with Crippen molar-refractivity contribution in [2.24, 2.45) is 5.92 Å². The quantitative estimate of drug-likeness (QED) is 0.758. The van der Waals surface area contributed by atoms with Gasteiger partial charge in [0.05, 0.1) is 11.0 Å². The molecule has 1 fully saturated rings. The normalized spacial score (nSPS) is 23.9. The Labute approximate surface area is 123 Å². The first kappa shape index (κ1) is 13.2. The summed E-state index contributed by atoms with van der Waals surface area (Å²) >= 11 is 3.87. The van der Waals surface area contributed by atoms with Crippen LogP contribution in [0.4, 0.5) is 0 Å². The number of benzene rings is 1. The van der Waals surface area contributed by atoms with Crippen LogP contribution in [0.1, 0.15) is 38.4 Å². The molecule has 1 aromatic heterocycles. The number of imidazole rings is 1. The van der Waals surface area contributed by atoms with Gasteiger partial charge in [0, 0.05) is 17.8 Å². The standard InChI is InChI=1S/C16H21BrN2/c1-2-19-15-10-6-5-9-14(15)18-16(19)11-12-7-3-4-8-13(12)17/h5-6,9-10,12-13H,2-4,7-8,11H2,1H3. The number of hydrogen-bond donors (Lipinski definition) is 0. The first-order valence-corrected chi connectivity index (χ1v) is 8.29. The monoisotopic (exact) mass is 320 g/mol. The zero-order valence-corrected chi connectivity index (χ0v) is 13.1. The number of nitrogens with zero attached hydrogens (tertiary/aromatic N) is 2. The maximum Gasteiger partial charge on any atom is 0.110 e. The van der Waals surface area contributed by atoms with E-state index in [0.29, 0.717) is 4.83 Å². The number of fused-ring (bicyclic) bond motifs is 1. The van der Waals surface area contributed by atoms with E-state index in [1.54, 1.807) is 0 Å². The third-order valence-corrected chi connectivity index (χ3v) is 5.52. The summed E-state index contributed by atoms with van der Waals surface area (Å²) in [4.78, 5) is 5.53. The average Bonchev–Trinajstić information content (AvgIpc) is 2.78. The molecule has 2 unspecified atom stereocenters. The fraction of sp³-hybridized carbons (Fsp3) is 0.562. The molecule has 1 heterocycles. The zero-order valence-electron chi connectivity index (χ0n) is 11.5. The van der Waals surface area contributed by atoms with Gasteiger partial charge < -0.3 is 4.57 Å². The smallest absolute Gasteiger partial charge is 0.110 e. The Morgan fingerprint density at radius 2 is 2.05 bits per heavy atom. The van der Waals surface area contributed by atoms with Gasteiger partial charge in [0.1, 0.15) is 5.82 Å². The van der Waals surface area contributed by atoms with E-state index in [1.165, 1.54) is 37.0 Å². The molecule has 1 aliphatic carbocycles. The molecule has 0 saturated heterocycles. The van der Waals surface area contributed by atoms with Gasteiger partial charge in [0.25, 0.3) is 0 Å². The molecule has 1 aromatic carbocycles. The number of aryl methyl sites for hydroxylation is 1. The lowest BCUT2D eigenvalue weighted by Crippen LogP contribution is -2.22. The molecule has 102 valence electrons. The van der Waals surface area contributed by atoms with Gasteiger partial charge in [-0.15, -0.1) is 0 Å². The van der Waals surface area contributed by atoms with Crippen LogP contribution in [-0.2, 0) is 13.0 Å². The van der Waals surface area contributed by atoms with Crippen molar-refractivity contribution in [3.63, 3.8) is 0 Å². The van der Waals surface area contributed by atoms with Gasteiger partial charge >= 0.3 is 0 Å². The van der Waals surface area contributed by atoms with Crippen LogP contribution in [0, 0.1) is 5.92 Å². The average molecular weight is 321 g/mol. The number of aromatic nitrogens is 2. The second kappa shape index (κ2) is 5.66. The highest BCUT2D eigenvalue weighted by Crippen LogP contribution is 2.32. The predicted molar refractivity (Wildman–Crippen MR) is 83.8 cm³/mol. The maximum atomic E-state index is 4.85. The second-order valence-corrected chi connectivity index (χ2v) is 6.70. The number of para-hydroxylation sites is 2. The third-order valence-electron chi connectivity index (χ3n) is 4.31. The predicted octanol–water partition coefficient (Wildman–Crippen LogP) is 4.55. The molecular formula is C16H21BrN2. The number of rotatable bonds is 3. The highest BCUT2D eigenvalue weighted by molar-refractivity contribution is 9.09. The molecule has 1 saturated carbocycles. The van der Waals surface area contributed by atoms with Crippen LogP contribution in [-0.4, -0.2) is 14.4 Å². The van der Waals surface area contributed by atoms with Crippen molar-refractivity contribution >= 4 is 27.0 Å². The summed E-state index contributed by atoms with van der Waals surface area (Å²) in [7, 11) is 0. The molecule has 3 heteroatoms. The number of halogens is 1. The van der Waals surface area contributed by atoms with E-state index in [0.717, 1.165) is 24.4 Å². The lowest BCUT2D eigenvalue weighted by molar-refractivity contribution is 0.364. The molecule has 2 nitrogen and oxygen atoms in total. The number of hydrogen-bond acceptors (Lipinski definition) is 1. The second-order valence-electron chi connectivity index (χ2n) is 5.53. The van der Waals surface area contributed by atoms with Crippen molar-refractivity contribution < 1.29 is 0 Å². The van der Waals surface area contributed by atoms with E-state index in [-0.39, 0.29) is 0 Å². The van der Waals surface area contributed by atoms with E-state index in [4.69, 9.17) is 4.98 Å². The first-order chi connectivity index (χ1) is 9.29. The van der Waals surface area contributed by atoms with E-state index in [1.807, 2.05) is 0 Å². The van der Waals surface area contributed by atoms with Crippen molar-refractivity contribution in [2.45, 2.75) is 50.4 Å². The Bertz CT molecular complexity index is 561. The van der Waals surface area contributed by atoms with E-state index >= 15 is 0 Å². The minimum atomic E-state index is 0.673.